The molecular formula is C21H36N2O3S. The summed E-state index contributed by atoms with van der Waals surface area (Å²) < 4.78 is 5.33. The summed E-state index contributed by atoms with van der Waals surface area (Å²) >= 11 is 1.82. The lowest BCUT2D eigenvalue weighted by Gasteiger charge is -2.47. The zero-order valence-corrected chi connectivity index (χ0v) is 18.3. The van der Waals surface area contributed by atoms with Gasteiger partial charge in [0.25, 0.3) is 0 Å². The largest absolute Gasteiger partial charge is 0.464 e. The third-order valence-corrected chi connectivity index (χ3v) is 8.26. The van der Waals surface area contributed by atoms with E-state index < -0.39 is 6.04 Å². The predicted molar refractivity (Wildman–Crippen MR) is 110 cm³/mol. The van der Waals surface area contributed by atoms with Crippen molar-refractivity contribution in [3.63, 3.8) is 0 Å². The molecule has 1 spiro atoms. The first-order valence-electron chi connectivity index (χ1n) is 10.6. The number of likely N-dealkylation sites (tertiary alicyclic amines) is 1. The molecule has 1 amide bonds. The molecule has 1 saturated carbocycles. The molecule has 1 atom stereocenters. The van der Waals surface area contributed by atoms with Crippen LogP contribution in [-0.4, -0.2) is 64.6 Å². The Morgan fingerprint density at radius 1 is 1.15 bits per heavy atom. The number of thioether (sulfide) groups is 1. The van der Waals surface area contributed by atoms with Gasteiger partial charge in [-0.25, -0.2) is 4.79 Å². The molecule has 0 aromatic heterocycles. The molecule has 2 aliphatic heterocycles. The molecule has 1 aliphatic carbocycles. The van der Waals surface area contributed by atoms with E-state index in [1.54, 1.807) is 0 Å². The van der Waals surface area contributed by atoms with E-state index in [4.69, 9.17) is 4.74 Å². The maximum atomic E-state index is 13.3. The van der Waals surface area contributed by atoms with Gasteiger partial charge in [-0.15, -0.1) is 11.8 Å². The highest BCUT2D eigenvalue weighted by Crippen LogP contribution is 2.53. The van der Waals surface area contributed by atoms with Crippen molar-refractivity contribution in [2.45, 2.75) is 77.1 Å². The van der Waals surface area contributed by atoms with Crippen LogP contribution in [0.25, 0.3) is 0 Å². The minimum atomic E-state index is -0.420. The molecule has 3 fully saturated rings. The smallest absolute Gasteiger partial charge is 0.329 e. The number of ether oxygens (including phenoxy) is 1. The Bertz CT molecular complexity index is 546. The molecule has 27 heavy (non-hydrogen) atoms. The maximum Gasteiger partial charge on any atom is 0.329 e. The topological polar surface area (TPSA) is 49.9 Å². The molecule has 154 valence electrons. The summed E-state index contributed by atoms with van der Waals surface area (Å²) in [6.07, 6.45) is 6.56. The summed E-state index contributed by atoms with van der Waals surface area (Å²) in [6.45, 7) is 11.6. The number of amides is 1. The number of nitrogens with zero attached hydrogens (tertiary/aromatic N) is 2. The lowest BCUT2D eigenvalue weighted by Crippen LogP contribution is -2.56. The quantitative estimate of drug-likeness (QED) is 0.681. The van der Waals surface area contributed by atoms with Crippen LogP contribution in [0.5, 0.6) is 0 Å². The molecule has 0 N–H and O–H groups in total. The third-order valence-electron chi connectivity index (χ3n) is 6.64. The Labute approximate surface area is 168 Å². The summed E-state index contributed by atoms with van der Waals surface area (Å²) in [5.74, 6) is 1.25. The normalized spacial score (nSPS) is 32.2. The van der Waals surface area contributed by atoms with Gasteiger partial charge in [-0.05, 0) is 69.9 Å². The van der Waals surface area contributed by atoms with Gasteiger partial charge in [-0.1, -0.05) is 20.8 Å². The van der Waals surface area contributed by atoms with E-state index in [0.717, 1.165) is 38.8 Å². The lowest BCUT2D eigenvalue weighted by molar-refractivity contribution is -0.157. The van der Waals surface area contributed by atoms with E-state index in [-0.39, 0.29) is 16.7 Å². The zero-order valence-electron chi connectivity index (χ0n) is 17.5. The second-order valence-electron chi connectivity index (χ2n) is 9.41. The molecule has 0 unspecified atom stereocenters. The second kappa shape index (κ2) is 8.32. The Morgan fingerprint density at radius 2 is 1.78 bits per heavy atom. The van der Waals surface area contributed by atoms with Crippen molar-refractivity contribution in [3.05, 3.63) is 0 Å². The average Bonchev–Trinajstić information content (AvgIpc) is 3.23. The van der Waals surface area contributed by atoms with Crippen LogP contribution in [0.4, 0.5) is 0 Å². The van der Waals surface area contributed by atoms with Gasteiger partial charge in [-0.3, -0.25) is 9.69 Å². The number of rotatable bonds is 4. The van der Waals surface area contributed by atoms with E-state index in [2.05, 4.69) is 25.7 Å². The van der Waals surface area contributed by atoms with Crippen LogP contribution in [0.1, 0.15) is 66.2 Å². The average molecular weight is 397 g/mol. The van der Waals surface area contributed by atoms with Gasteiger partial charge in [0.1, 0.15) is 6.04 Å². The van der Waals surface area contributed by atoms with Crippen molar-refractivity contribution in [1.29, 1.82) is 0 Å². The molecule has 3 aliphatic rings. The monoisotopic (exact) mass is 396 g/mol. The highest BCUT2D eigenvalue weighted by atomic mass is 32.2. The highest BCUT2D eigenvalue weighted by Gasteiger charge is 2.54. The van der Waals surface area contributed by atoms with Crippen molar-refractivity contribution in [3.8, 4) is 0 Å². The SMILES string of the molecule is CCOC(=O)[C@@H]1CSC2(CCC(C(C)(C)C)CC2)N1C(=O)CN1CCCC1. The molecule has 2 saturated heterocycles. The molecule has 6 heteroatoms. The molecule has 0 aromatic rings. The molecular weight excluding hydrogens is 360 g/mol. The zero-order chi connectivity index (χ0) is 19.7. The summed E-state index contributed by atoms with van der Waals surface area (Å²) in [7, 11) is 0. The van der Waals surface area contributed by atoms with Gasteiger partial charge >= 0.3 is 5.97 Å². The first kappa shape index (κ1) is 21.0. The maximum absolute atomic E-state index is 13.3. The summed E-state index contributed by atoms with van der Waals surface area (Å²) in [4.78, 5) is 29.9. The number of carbonyl (C=O) groups excluding carboxylic acids is 2. The summed E-state index contributed by atoms with van der Waals surface area (Å²) in [5.41, 5.74) is 0.301. The van der Waals surface area contributed by atoms with Crippen LogP contribution >= 0.6 is 11.8 Å². The molecule has 5 nitrogen and oxygen atoms in total. The first-order valence-corrected chi connectivity index (χ1v) is 11.6. The van der Waals surface area contributed by atoms with Crippen LogP contribution < -0.4 is 0 Å². The van der Waals surface area contributed by atoms with Gasteiger partial charge in [0.2, 0.25) is 5.91 Å². The van der Waals surface area contributed by atoms with E-state index in [0.29, 0.717) is 30.2 Å². The molecule has 2 heterocycles. The first-order chi connectivity index (χ1) is 12.8. The van der Waals surface area contributed by atoms with Crippen LogP contribution in [0.3, 0.4) is 0 Å². The van der Waals surface area contributed by atoms with Gasteiger partial charge in [0.15, 0.2) is 0 Å². The minimum Gasteiger partial charge on any atom is -0.464 e. The lowest BCUT2D eigenvalue weighted by atomic mass is 9.71. The second-order valence-corrected chi connectivity index (χ2v) is 10.8. The number of carbonyl (C=O) groups is 2. The third kappa shape index (κ3) is 4.47. The van der Waals surface area contributed by atoms with Crippen LogP contribution in [0.15, 0.2) is 0 Å². The van der Waals surface area contributed by atoms with E-state index in [1.165, 1.54) is 12.8 Å². The fourth-order valence-corrected chi connectivity index (χ4v) is 6.65. The molecule has 3 rings (SSSR count). The molecule has 0 aromatic carbocycles. The van der Waals surface area contributed by atoms with Crippen LogP contribution in [0, 0.1) is 11.3 Å². The van der Waals surface area contributed by atoms with E-state index in [1.807, 2.05) is 23.6 Å². The van der Waals surface area contributed by atoms with Crippen molar-refractivity contribution >= 4 is 23.6 Å². The molecule has 0 bridgehead atoms. The number of esters is 1. The summed E-state index contributed by atoms with van der Waals surface area (Å²) in [5, 5.41) is 0. The fraction of sp³-hybridized carbons (Fsp3) is 0.905. The van der Waals surface area contributed by atoms with Crippen molar-refractivity contribution < 1.29 is 14.3 Å². The molecule has 0 radical (unpaired) electrons. The highest BCUT2D eigenvalue weighted by molar-refractivity contribution is 8.01. The Balaban J connectivity index is 1.77. The van der Waals surface area contributed by atoms with Gasteiger partial charge in [0, 0.05) is 5.75 Å². The Hall–Kier alpha value is -0.750. The van der Waals surface area contributed by atoms with Gasteiger partial charge in [-0.2, -0.15) is 0 Å². The van der Waals surface area contributed by atoms with Crippen LogP contribution in [-0.2, 0) is 14.3 Å². The van der Waals surface area contributed by atoms with Crippen LogP contribution in [0.2, 0.25) is 0 Å². The van der Waals surface area contributed by atoms with E-state index in [9.17, 15) is 9.59 Å². The van der Waals surface area contributed by atoms with Crippen molar-refractivity contribution in [2.75, 3.05) is 32.0 Å². The Kier molecular flexibility index (Phi) is 6.46. The number of hydrogen-bond acceptors (Lipinski definition) is 5. The standard InChI is InChI=1S/C21H36N2O3S/c1-5-26-19(25)17-15-27-21(10-8-16(9-11-21)20(2,3)4)23(17)18(24)14-22-12-6-7-13-22/h16-17H,5-15H2,1-4H3/t16?,17-,21?/m0/s1. The van der Waals surface area contributed by atoms with E-state index >= 15 is 0 Å². The minimum absolute atomic E-state index is 0.120. The number of hydrogen-bond donors (Lipinski definition) is 0. The van der Waals surface area contributed by atoms with Crippen molar-refractivity contribution in [1.82, 2.24) is 9.80 Å². The summed E-state index contributed by atoms with van der Waals surface area (Å²) in [6, 6.07) is -0.420. The fourth-order valence-electron chi connectivity index (χ4n) is 5.00. The Morgan fingerprint density at radius 3 is 2.33 bits per heavy atom. The van der Waals surface area contributed by atoms with Gasteiger partial charge < -0.3 is 9.64 Å². The van der Waals surface area contributed by atoms with Gasteiger partial charge in [0.05, 0.1) is 18.0 Å². The van der Waals surface area contributed by atoms with Crippen molar-refractivity contribution in [2.24, 2.45) is 11.3 Å². The predicted octanol–water partition coefficient (Wildman–Crippen LogP) is 3.52.